The van der Waals surface area contributed by atoms with Gasteiger partial charge in [0.1, 0.15) is 5.75 Å². The number of piperidine rings is 1. The third-order valence-corrected chi connectivity index (χ3v) is 5.27. The molecule has 0 spiro atoms. The van der Waals surface area contributed by atoms with Crippen LogP contribution in [0.2, 0.25) is 5.02 Å². The van der Waals surface area contributed by atoms with Gasteiger partial charge in [-0.05, 0) is 42.7 Å². The summed E-state index contributed by atoms with van der Waals surface area (Å²) in [5.41, 5.74) is 1.78. The highest BCUT2D eigenvalue weighted by molar-refractivity contribution is 6.30. The van der Waals surface area contributed by atoms with E-state index in [2.05, 4.69) is 20.4 Å². The van der Waals surface area contributed by atoms with Gasteiger partial charge < -0.3 is 15.0 Å². The second-order valence-electron chi connectivity index (χ2n) is 6.93. The molecule has 4 rings (SSSR count). The molecule has 7 nitrogen and oxygen atoms in total. The first-order valence-electron chi connectivity index (χ1n) is 9.30. The van der Waals surface area contributed by atoms with Crippen LogP contribution in [-0.4, -0.2) is 40.7 Å². The van der Waals surface area contributed by atoms with E-state index in [9.17, 15) is 4.79 Å². The number of anilines is 1. The standard InChI is InChI=1S/C20H22ClN5O2/c1-28-17-7-4-14(5-8-17)11-22-19(27)15-3-2-10-25(12-15)20-24-23-18-9-6-16(21)13-26(18)20/h4-9,13,15H,2-3,10-12H2,1H3,(H,22,27)/t15-/m0/s1. The predicted octanol–water partition coefficient (Wildman–Crippen LogP) is 2.92. The summed E-state index contributed by atoms with van der Waals surface area (Å²) in [6.45, 7) is 1.96. The average Bonchev–Trinajstić information content (AvgIpc) is 3.15. The van der Waals surface area contributed by atoms with Crippen LogP contribution in [0, 0.1) is 5.92 Å². The zero-order chi connectivity index (χ0) is 19.5. The summed E-state index contributed by atoms with van der Waals surface area (Å²) in [7, 11) is 1.64. The molecule has 1 saturated heterocycles. The summed E-state index contributed by atoms with van der Waals surface area (Å²) in [5.74, 6) is 1.51. The van der Waals surface area contributed by atoms with E-state index in [0.717, 1.165) is 42.3 Å². The van der Waals surface area contributed by atoms with Crippen LogP contribution in [0.15, 0.2) is 42.6 Å². The van der Waals surface area contributed by atoms with Crippen LogP contribution in [0.1, 0.15) is 18.4 Å². The van der Waals surface area contributed by atoms with Crippen LogP contribution in [0.5, 0.6) is 5.75 Å². The minimum Gasteiger partial charge on any atom is -0.497 e. The number of halogens is 1. The Morgan fingerprint density at radius 1 is 1.25 bits per heavy atom. The smallest absolute Gasteiger partial charge is 0.231 e. The van der Waals surface area contributed by atoms with Crippen LogP contribution in [0.3, 0.4) is 0 Å². The number of carbonyl (C=O) groups is 1. The van der Waals surface area contributed by atoms with E-state index in [-0.39, 0.29) is 11.8 Å². The number of nitrogens with one attached hydrogen (secondary N) is 1. The van der Waals surface area contributed by atoms with Crippen molar-refractivity contribution in [3.8, 4) is 5.75 Å². The van der Waals surface area contributed by atoms with Gasteiger partial charge in [0, 0.05) is 25.8 Å². The number of aromatic nitrogens is 3. The summed E-state index contributed by atoms with van der Waals surface area (Å²) in [6, 6.07) is 11.3. The summed E-state index contributed by atoms with van der Waals surface area (Å²) >= 11 is 6.12. The van der Waals surface area contributed by atoms with Crippen molar-refractivity contribution in [3.05, 3.63) is 53.2 Å². The fraction of sp³-hybridized carbons (Fsp3) is 0.350. The van der Waals surface area contributed by atoms with Crippen LogP contribution < -0.4 is 15.0 Å². The Labute approximate surface area is 168 Å². The highest BCUT2D eigenvalue weighted by atomic mass is 35.5. The minimum absolute atomic E-state index is 0.0624. The molecule has 0 unspecified atom stereocenters. The molecule has 1 N–H and O–H groups in total. The van der Waals surface area contributed by atoms with Crippen LogP contribution in [0.4, 0.5) is 5.95 Å². The summed E-state index contributed by atoms with van der Waals surface area (Å²) in [5, 5.41) is 12.2. The van der Waals surface area contributed by atoms with Gasteiger partial charge in [0.2, 0.25) is 11.9 Å². The fourth-order valence-electron chi connectivity index (χ4n) is 3.52. The number of nitrogens with zero attached hydrogens (tertiary/aromatic N) is 4. The number of benzene rings is 1. The maximum atomic E-state index is 12.7. The Morgan fingerprint density at radius 3 is 2.86 bits per heavy atom. The van der Waals surface area contributed by atoms with Gasteiger partial charge in [0.05, 0.1) is 18.1 Å². The van der Waals surface area contributed by atoms with Crippen molar-refractivity contribution in [2.75, 3.05) is 25.1 Å². The molecule has 1 aromatic carbocycles. The Morgan fingerprint density at radius 2 is 2.07 bits per heavy atom. The molecule has 0 saturated carbocycles. The third kappa shape index (κ3) is 3.89. The van der Waals surface area contributed by atoms with E-state index >= 15 is 0 Å². The highest BCUT2D eigenvalue weighted by Crippen LogP contribution is 2.24. The van der Waals surface area contributed by atoms with Gasteiger partial charge >= 0.3 is 0 Å². The summed E-state index contributed by atoms with van der Waals surface area (Å²) in [4.78, 5) is 14.8. The molecule has 1 aliphatic heterocycles. The number of carbonyl (C=O) groups excluding carboxylic acids is 1. The average molecular weight is 400 g/mol. The number of fused-ring (bicyclic) bond motifs is 1. The molecule has 1 atom stereocenters. The van der Waals surface area contributed by atoms with Crippen molar-refractivity contribution in [2.45, 2.75) is 19.4 Å². The predicted molar refractivity (Wildman–Crippen MR) is 108 cm³/mol. The number of methoxy groups -OCH3 is 1. The fourth-order valence-corrected chi connectivity index (χ4v) is 3.68. The van der Waals surface area contributed by atoms with Crippen molar-refractivity contribution < 1.29 is 9.53 Å². The van der Waals surface area contributed by atoms with Gasteiger partial charge in [-0.15, -0.1) is 10.2 Å². The number of ether oxygens (including phenoxy) is 1. The first kappa shape index (κ1) is 18.6. The van der Waals surface area contributed by atoms with Gasteiger partial charge in [-0.25, -0.2) is 0 Å². The maximum absolute atomic E-state index is 12.7. The lowest BCUT2D eigenvalue weighted by molar-refractivity contribution is -0.125. The molecule has 8 heteroatoms. The summed E-state index contributed by atoms with van der Waals surface area (Å²) < 4.78 is 7.04. The lowest BCUT2D eigenvalue weighted by atomic mass is 9.97. The molecule has 0 radical (unpaired) electrons. The molecule has 28 heavy (non-hydrogen) atoms. The summed E-state index contributed by atoms with van der Waals surface area (Å²) in [6.07, 6.45) is 3.60. The topological polar surface area (TPSA) is 71.8 Å². The molecule has 1 amide bonds. The lowest BCUT2D eigenvalue weighted by Gasteiger charge is -2.32. The zero-order valence-corrected chi connectivity index (χ0v) is 16.4. The maximum Gasteiger partial charge on any atom is 0.231 e. The SMILES string of the molecule is COc1ccc(CNC(=O)[C@H]2CCCN(c3nnc4ccc(Cl)cn34)C2)cc1. The van der Waals surface area contributed by atoms with Gasteiger partial charge in [0.15, 0.2) is 5.65 Å². The Hall–Kier alpha value is -2.80. The molecule has 146 valence electrons. The van der Waals surface area contributed by atoms with Gasteiger partial charge in [-0.3, -0.25) is 9.20 Å². The quantitative estimate of drug-likeness (QED) is 0.714. The second-order valence-corrected chi connectivity index (χ2v) is 7.36. The van der Waals surface area contributed by atoms with Gasteiger partial charge in [0.25, 0.3) is 0 Å². The minimum atomic E-state index is -0.0847. The number of rotatable bonds is 5. The van der Waals surface area contributed by atoms with Crippen molar-refractivity contribution in [2.24, 2.45) is 5.92 Å². The third-order valence-electron chi connectivity index (χ3n) is 5.05. The molecule has 3 heterocycles. The van der Waals surface area contributed by atoms with E-state index in [4.69, 9.17) is 16.3 Å². The molecule has 0 aliphatic carbocycles. The molecular weight excluding hydrogens is 378 g/mol. The molecule has 0 bridgehead atoms. The number of amides is 1. The molecule has 1 fully saturated rings. The normalized spacial score (nSPS) is 16.9. The second kappa shape index (κ2) is 8.06. The van der Waals surface area contributed by atoms with Crippen molar-refractivity contribution >= 4 is 29.1 Å². The van der Waals surface area contributed by atoms with Crippen molar-refractivity contribution in [3.63, 3.8) is 0 Å². The van der Waals surface area contributed by atoms with Crippen LogP contribution >= 0.6 is 11.6 Å². The molecular formula is C20H22ClN5O2. The van der Waals surface area contributed by atoms with E-state index < -0.39 is 0 Å². The molecule has 1 aliphatic rings. The Kier molecular flexibility index (Phi) is 5.34. The number of hydrogen-bond donors (Lipinski definition) is 1. The Balaban J connectivity index is 1.41. The largest absolute Gasteiger partial charge is 0.497 e. The Bertz CT molecular complexity index is 972. The van der Waals surface area contributed by atoms with Gasteiger partial charge in [-0.2, -0.15) is 0 Å². The monoisotopic (exact) mass is 399 g/mol. The van der Waals surface area contributed by atoms with E-state index in [0.29, 0.717) is 18.1 Å². The van der Waals surface area contributed by atoms with Crippen LogP contribution in [0.25, 0.3) is 5.65 Å². The van der Waals surface area contributed by atoms with E-state index in [1.807, 2.05) is 34.7 Å². The van der Waals surface area contributed by atoms with E-state index in [1.165, 1.54) is 0 Å². The van der Waals surface area contributed by atoms with Crippen molar-refractivity contribution in [1.82, 2.24) is 19.9 Å². The van der Waals surface area contributed by atoms with Crippen molar-refractivity contribution in [1.29, 1.82) is 0 Å². The van der Waals surface area contributed by atoms with Crippen LogP contribution in [-0.2, 0) is 11.3 Å². The van der Waals surface area contributed by atoms with Gasteiger partial charge in [-0.1, -0.05) is 23.7 Å². The zero-order valence-electron chi connectivity index (χ0n) is 15.6. The number of pyridine rings is 1. The van der Waals surface area contributed by atoms with E-state index in [1.54, 1.807) is 19.4 Å². The number of hydrogen-bond acceptors (Lipinski definition) is 5. The molecule has 2 aromatic heterocycles. The first-order chi connectivity index (χ1) is 13.6. The highest BCUT2D eigenvalue weighted by Gasteiger charge is 2.28. The lowest BCUT2D eigenvalue weighted by Crippen LogP contribution is -2.43. The first-order valence-corrected chi connectivity index (χ1v) is 9.68. The molecule has 3 aromatic rings.